The quantitative estimate of drug-likeness (QED) is 0.297. The molecule has 0 aliphatic rings. The lowest BCUT2D eigenvalue weighted by molar-refractivity contribution is 0.414. The van der Waals surface area contributed by atoms with Gasteiger partial charge < -0.3 is 9.47 Å². The summed E-state index contributed by atoms with van der Waals surface area (Å²) in [6, 6.07) is 20.6. The van der Waals surface area contributed by atoms with Crippen molar-refractivity contribution in [3.05, 3.63) is 92.3 Å². The normalized spacial score (nSPS) is 11.4. The smallest absolute Gasteiger partial charge is 0.118 e. The minimum absolute atomic E-state index is 0.875. The van der Waals surface area contributed by atoms with Gasteiger partial charge in [-0.2, -0.15) is 0 Å². The SMILES string of the molecule is COc1ccc(C=Cc2cc(-c3csc(C=Cc4ccc(OC)cc4)c3)cs2)cc1. The van der Waals surface area contributed by atoms with Crippen LogP contribution in [0.2, 0.25) is 0 Å². The summed E-state index contributed by atoms with van der Waals surface area (Å²) in [7, 11) is 3.37. The molecule has 0 bridgehead atoms. The molecule has 150 valence electrons. The van der Waals surface area contributed by atoms with Crippen molar-refractivity contribution >= 4 is 47.0 Å². The molecule has 0 aliphatic heterocycles. The largest absolute Gasteiger partial charge is 0.497 e. The Bertz CT molecular complexity index is 1050. The fourth-order valence-corrected chi connectivity index (χ4v) is 4.59. The van der Waals surface area contributed by atoms with Gasteiger partial charge >= 0.3 is 0 Å². The van der Waals surface area contributed by atoms with Crippen molar-refractivity contribution in [2.24, 2.45) is 0 Å². The second kappa shape index (κ2) is 9.61. The van der Waals surface area contributed by atoms with Crippen LogP contribution in [0, 0.1) is 0 Å². The van der Waals surface area contributed by atoms with Gasteiger partial charge in [-0.3, -0.25) is 0 Å². The molecule has 0 aliphatic carbocycles. The van der Waals surface area contributed by atoms with E-state index >= 15 is 0 Å². The third kappa shape index (κ3) is 5.09. The fourth-order valence-electron chi connectivity index (χ4n) is 2.97. The number of hydrogen-bond acceptors (Lipinski definition) is 4. The van der Waals surface area contributed by atoms with Crippen LogP contribution >= 0.6 is 22.7 Å². The Balaban J connectivity index is 1.42. The zero-order valence-electron chi connectivity index (χ0n) is 16.9. The van der Waals surface area contributed by atoms with Gasteiger partial charge in [-0.05, 0) is 81.6 Å². The summed E-state index contributed by atoms with van der Waals surface area (Å²) in [5.74, 6) is 1.75. The number of hydrogen-bond donors (Lipinski definition) is 0. The Morgan fingerprint density at radius 3 is 1.33 bits per heavy atom. The van der Waals surface area contributed by atoms with Crippen molar-refractivity contribution in [3.8, 4) is 22.6 Å². The van der Waals surface area contributed by atoms with E-state index < -0.39 is 0 Å². The average Bonchev–Trinajstić information content (AvgIpc) is 3.46. The van der Waals surface area contributed by atoms with Crippen molar-refractivity contribution in [1.82, 2.24) is 0 Å². The van der Waals surface area contributed by atoms with Crippen LogP contribution in [-0.4, -0.2) is 14.2 Å². The van der Waals surface area contributed by atoms with Gasteiger partial charge in [0, 0.05) is 9.75 Å². The van der Waals surface area contributed by atoms with Crippen molar-refractivity contribution < 1.29 is 9.47 Å². The van der Waals surface area contributed by atoms with Crippen LogP contribution in [-0.2, 0) is 0 Å². The summed E-state index contributed by atoms with van der Waals surface area (Å²) in [4.78, 5) is 2.48. The molecule has 0 saturated carbocycles. The summed E-state index contributed by atoms with van der Waals surface area (Å²) in [5, 5.41) is 4.43. The van der Waals surface area contributed by atoms with Crippen LogP contribution in [0.4, 0.5) is 0 Å². The predicted octanol–water partition coefficient (Wildman–Crippen LogP) is 7.83. The Morgan fingerprint density at radius 1 is 0.567 bits per heavy atom. The highest BCUT2D eigenvalue weighted by atomic mass is 32.1. The lowest BCUT2D eigenvalue weighted by Gasteiger charge is -1.98. The van der Waals surface area contributed by atoms with E-state index in [-0.39, 0.29) is 0 Å². The number of thiophene rings is 2. The first-order valence-corrected chi connectivity index (χ1v) is 11.3. The number of ether oxygens (including phenoxy) is 2. The lowest BCUT2D eigenvalue weighted by Crippen LogP contribution is -1.81. The van der Waals surface area contributed by atoms with Gasteiger partial charge in [0.15, 0.2) is 0 Å². The van der Waals surface area contributed by atoms with E-state index in [2.05, 4.69) is 71.5 Å². The van der Waals surface area contributed by atoms with Crippen LogP contribution in [0.1, 0.15) is 20.9 Å². The third-order valence-electron chi connectivity index (χ3n) is 4.68. The maximum Gasteiger partial charge on any atom is 0.118 e. The van der Waals surface area contributed by atoms with Crippen LogP contribution in [0.3, 0.4) is 0 Å². The standard InChI is InChI=1S/C26H22O2S2/c1-27-23-9-3-19(4-10-23)7-13-25-15-21(17-29-25)22-16-26(30-18-22)14-8-20-5-11-24(28-2)12-6-20/h3-18H,1-2H3. The Morgan fingerprint density at radius 2 is 0.967 bits per heavy atom. The van der Waals surface area contributed by atoms with E-state index in [0.29, 0.717) is 0 Å². The maximum absolute atomic E-state index is 5.21. The summed E-state index contributed by atoms with van der Waals surface area (Å²) in [6.45, 7) is 0. The molecule has 0 radical (unpaired) electrons. The van der Waals surface area contributed by atoms with Gasteiger partial charge in [0.05, 0.1) is 14.2 Å². The molecule has 0 fully saturated rings. The third-order valence-corrected chi connectivity index (χ3v) is 6.48. The molecule has 2 nitrogen and oxygen atoms in total. The van der Waals surface area contributed by atoms with Crippen LogP contribution < -0.4 is 9.47 Å². The molecule has 4 rings (SSSR count). The highest BCUT2D eigenvalue weighted by Gasteiger charge is 2.04. The van der Waals surface area contributed by atoms with Crippen molar-refractivity contribution in [2.75, 3.05) is 14.2 Å². The number of rotatable bonds is 7. The highest BCUT2D eigenvalue weighted by molar-refractivity contribution is 7.12. The molecule has 2 aromatic heterocycles. The van der Waals surface area contributed by atoms with E-state index in [1.165, 1.54) is 20.9 Å². The molecule has 0 N–H and O–H groups in total. The van der Waals surface area contributed by atoms with Gasteiger partial charge in [-0.25, -0.2) is 0 Å². The second-order valence-electron chi connectivity index (χ2n) is 6.69. The Kier molecular flexibility index (Phi) is 6.47. The van der Waals surface area contributed by atoms with Gasteiger partial charge in [-0.15, -0.1) is 22.7 Å². The molecule has 0 spiro atoms. The molecular weight excluding hydrogens is 408 g/mol. The molecule has 0 saturated heterocycles. The minimum atomic E-state index is 0.875. The van der Waals surface area contributed by atoms with Crippen molar-refractivity contribution in [1.29, 1.82) is 0 Å². The van der Waals surface area contributed by atoms with Gasteiger partial charge in [0.2, 0.25) is 0 Å². The zero-order chi connectivity index (χ0) is 20.8. The van der Waals surface area contributed by atoms with Crippen molar-refractivity contribution in [2.45, 2.75) is 0 Å². The molecule has 4 aromatic rings. The second-order valence-corrected chi connectivity index (χ2v) is 8.57. The van der Waals surface area contributed by atoms with Gasteiger partial charge in [-0.1, -0.05) is 36.4 Å². The number of methoxy groups -OCH3 is 2. The molecule has 2 heterocycles. The highest BCUT2D eigenvalue weighted by Crippen LogP contribution is 2.31. The van der Waals surface area contributed by atoms with Gasteiger partial charge in [0.25, 0.3) is 0 Å². The number of benzene rings is 2. The van der Waals surface area contributed by atoms with E-state index in [1.54, 1.807) is 36.9 Å². The molecule has 0 atom stereocenters. The molecular formula is C26H22O2S2. The molecule has 0 unspecified atom stereocenters. The van der Waals surface area contributed by atoms with Crippen LogP contribution in [0.15, 0.2) is 71.4 Å². The summed E-state index contributed by atoms with van der Waals surface area (Å²) in [5.41, 5.74) is 4.84. The summed E-state index contributed by atoms with van der Waals surface area (Å²) in [6.07, 6.45) is 8.58. The van der Waals surface area contributed by atoms with Gasteiger partial charge in [0.1, 0.15) is 11.5 Å². The van der Waals surface area contributed by atoms with E-state index in [1.807, 2.05) is 24.3 Å². The fraction of sp³-hybridized carbons (Fsp3) is 0.0769. The zero-order valence-corrected chi connectivity index (χ0v) is 18.5. The lowest BCUT2D eigenvalue weighted by atomic mass is 10.1. The first-order chi connectivity index (χ1) is 14.7. The first-order valence-electron chi connectivity index (χ1n) is 9.55. The Labute approximate surface area is 185 Å². The summed E-state index contributed by atoms with van der Waals surface area (Å²) >= 11 is 3.51. The van der Waals surface area contributed by atoms with Crippen LogP contribution in [0.5, 0.6) is 11.5 Å². The van der Waals surface area contributed by atoms with E-state index in [4.69, 9.17) is 9.47 Å². The molecule has 0 amide bonds. The minimum Gasteiger partial charge on any atom is -0.497 e. The average molecular weight is 431 g/mol. The topological polar surface area (TPSA) is 18.5 Å². The predicted molar refractivity (Wildman–Crippen MR) is 131 cm³/mol. The molecule has 30 heavy (non-hydrogen) atoms. The van der Waals surface area contributed by atoms with Crippen molar-refractivity contribution in [3.63, 3.8) is 0 Å². The van der Waals surface area contributed by atoms with Crippen LogP contribution in [0.25, 0.3) is 35.4 Å². The maximum atomic E-state index is 5.21. The molecule has 2 aromatic carbocycles. The molecule has 4 heteroatoms. The Hall–Kier alpha value is -3.08. The monoisotopic (exact) mass is 430 g/mol. The van der Waals surface area contributed by atoms with E-state index in [0.717, 1.165) is 22.6 Å². The first kappa shape index (κ1) is 20.2. The van der Waals surface area contributed by atoms with E-state index in [9.17, 15) is 0 Å². The summed E-state index contributed by atoms with van der Waals surface area (Å²) < 4.78 is 10.4.